The van der Waals surface area contributed by atoms with E-state index in [1.165, 1.54) is 79.2 Å². The van der Waals surface area contributed by atoms with Crippen LogP contribution in [0.4, 0.5) is 0 Å². The van der Waals surface area contributed by atoms with Gasteiger partial charge >= 0.3 is 41.1 Å². The van der Waals surface area contributed by atoms with Crippen LogP contribution in [-0.2, 0) is 76.7 Å². The minimum absolute atomic E-state index is 0. The Morgan fingerprint density at radius 3 is 1.22 bits per heavy atom. The molecule has 1 amide bonds. The summed E-state index contributed by atoms with van der Waals surface area (Å²) in [5.41, 5.74) is 6.85. The summed E-state index contributed by atoms with van der Waals surface area (Å²) in [6.07, 6.45) is -4.04. The van der Waals surface area contributed by atoms with E-state index in [0.717, 1.165) is 23.8 Å². The lowest BCUT2D eigenvalue weighted by Gasteiger charge is -2.25. The summed E-state index contributed by atoms with van der Waals surface area (Å²) in [6.45, 7) is 16.0. The van der Waals surface area contributed by atoms with Crippen molar-refractivity contribution in [3.63, 3.8) is 0 Å². The highest BCUT2D eigenvalue weighted by molar-refractivity contribution is 7.52. The summed E-state index contributed by atoms with van der Waals surface area (Å²) in [5, 5.41) is 73.3. The van der Waals surface area contributed by atoms with E-state index in [9.17, 15) is 73.1 Å². The molecule has 122 heavy (non-hydrogen) atoms. The van der Waals surface area contributed by atoms with Crippen molar-refractivity contribution in [3.05, 3.63) is 229 Å². The molecule has 3 saturated heterocycles. The van der Waals surface area contributed by atoms with Crippen LogP contribution in [-0.4, -0.2) is 172 Å². The lowest BCUT2D eigenvalue weighted by atomic mass is 9.99. The number of nitrogens with zero attached hydrogens (tertiary/aromatic N) is 3. The molecule has 7 unspecified atom stereocenters. The number of hydrogen-bond acceptors (Lipinski definition) is 27. The predicted octanol–water partition coefficient (Wildman–Crippen LogP) is 8.93. The van der Waals surface area contributed by atoms with Gasteiger partial charge in [-0.15, -0.1) is 0 Å². The second kappa shape index (κ2) is 45.2. The molecule has 0 saturated carbocycles. The van der Waals surface area contributed by atoms with Crippen molar-refractivity contribution in [2.45, 2.75) is 188 Å². The molecule has 34 nitrogen and oxygen atoms in total. The van der Waals surface area contributed by atoms with Gasteiger partial charge in [0, 0.05) is 23.6 Å². The molecule has 18 atom stereocenters. The Morgan fingerprint density at radius 1 is 0.459 bits per heavy atom. The number of rotatable bonds is 37. The van der Waals surface area contributed by atoms with E-state index < -0.39 is 159 Å². The van der Waals surface area contributed by atoms with E-state index in [1.807, 2.05) is 71.0 Å². The maximum atomic E-state index is 14.2. The number of fused-ring (bicyclic) bond motifs is 1. The Balaban J connectivity index is 0.000000227. The molecule has 0 spiro atoms. The van der Waals surface area contributed by atoms with Gasteiger partial charge in [0.25, 0.3) is 24.6 Å². The molecule has 3 aromatic heterocycles. The van der Waals surface area contributed by atoms with Crippen molar-refractivity contribution in [1.82, 2.24) is 15.3 Å². The van der Waals surface area contributed by atoms with Gasteiger partial charge in [-0.1, -0.05) is 158 Å². The SMILES string of the molecule is C.CC(=O)c1ccc[n+]([C@@H]2OC(COP(=O)(NC(C)C(=O)OCC(C)(C)C)Oc3ccccc3)[C@@H](O)[C@H]2O)c1.CCC(CC)COC(=O)[C@H](C)NP(=O)(OC[C@H]1O[C@@H]([n+]2cccc(C(C)=O)c2)[C@@H](O)C1O)Oc1ccccc1.C[C@H](NP(=O)(OC[C@H]1O[C@@H]([n+]2cccc(C(N)=O)c2)[C@@H](O)C1O)Oc1cccc2ccccc12)C(=O)OCc1ccccc1. The minimum Gasteiger partial charge on any atom is -0.464 e. The number of primary amides is 1. The van der Waals surface area contributed by atoms with Crippen LogP contribution in [0, 0.1) is 11.3 Å². The Hall–Kier alpha value is -9.48. The highest BCUT2D eigenvalue weighted by Gasteiger charge is 2.53. The monoisotopic (exact) mass is 1750 g/mol. The number of aliphatic hydroxyl groups excluding tert-OH is 6. The number of pyridine rings is 3. The Bertz CT molecular complexity index is 4920. The van der Waals surface area contributed by atoms with E-state index in [0.29, 0.717) is 16.5 Å². The average molecular weight is 1760 g/mol. The fourth-order valence-electron chi connectivity index (χ4n) is 12.3. The first-order valence-corrected chi connectivity index (χ1v) is 43.8. The number of hydrogen-bond donors (Lipinski definition) is 10. The summed E-state index contributed by atoms with van der Waals surface area (Å²) in [5.74, 6) is -2.07. The number of aromatic nitrogens is 3. The first-order valence-electron chi connectivity index (χ1n) is 39.1. The van der Waals surface area contributed by atoms with Gasteiger partial charge in [-0.2, -0.15) is 29.0 Å². The number of Topliss-reactive ketones (excluding diaryl/α,β-unsaturated/α-hetero) is 2. The minimum atomic E-state index is -4.35. The van der Waals surface area contributed by atoms with Crippen molar-refractivity contribution in [2.24, 2.45) is 17.1 Å². The van der Waals surface area contributed by atoms with E-state index in [1.54, 1.807) is 140 Å². The summed E-state index contributed by atoms with van der Waals surface area (Å²) >= 11 is 0. The van der Waals surface area contributed by atoms with Crippen molar-refractivity contribution in [1.29, 1.82) is 0 Å². The Kier molecular flexibility index (Phi) is 36.3. The molecule has 3 aliphatic heterocycles. The number of ether oxygens (including phenoxy) is 6. The first kappa shape index (κ1) is 98.0. The van der Waals surface area contributed by atoms with Crippen LogP contribution in [0.1, 0.15) is 145 Å². The Morgan fingerprint density at radius 2 is 0.820 bits per heavy atom. The van der Waals surface area contributed by atoms with Gasteiger partial charge < -0.3 is 78.4 Å². The Labute approximate surface area is 708 Å². The topological polar surface area (TPSA) is 460 Å². The van der Waals surface area contributed by atoms with Crippen molar-refractivity contribution >= 4 is 69.4 Å². The molecule has 8 aromatic rings. The molecule has 11 N–H and O–H groups in total. The maximum absolute atomic E-state index is 14.2. The molecular weight excluding hydrogens is 1640 g/mol. The van der Waals surface area contributed by atoms with Crippen LogP contribution < -0.4 is 48.3 Å². The predicted molar refractivity (Wildman–Crippen MR) is 442 cm³/mol. The lowest BCUT2D eigenvalue weighted by Crippen LogP contribution is -2.46. The summed E-state index contributed by atoms with van der Waals surface area (Å²) < 4.78 is 114. The average Bonchev–Trinajstić information content (AvgIpc) is 1.77. The van der Waals surface area contributed by atoms with Crippen LogP contribution >= 0.6 is 23.2 Å². The number of nitrogens with two attached hydrogens (primary N) is 1. The molecule has 0 aliphatic carbocycles. The van der Waals surface area contributed by atoms with Gasteiger partial charge in [0.15, 0.2) is 67.1 Å². The number of para-hydroxylation sites is 2. The second-order valence-corrected chi connectivity index (χ2v) is 35.2. The first-order chi connectivity index (χ1) is 57.5. The third-order valence-electron chi connectivity index (χ3n) is 19.2. The molecular formula is C85H111N7O27P3+3. The maximum Gasteiger partial charge on any atom is 0.459 e. The molecule has 660 valence electrons. The number of esters is 3. The smallest absolute Gasteiger partial charge is 0.459 e. The molecule has 11 rings (SSSR count). The lowest BCUT2D eigenvalue weighted by molar-refractivity contribution is -0.766. The van der Waals surface area contributed by atoms with E-state index in [-0.39, 0.29) is 73.0 Å². The number of nitrogens with one attached hydrogen (secondary N) is 3. The third kappa shape index (κ3) is 28.0. The van der Waals surface area contributed by atoms with E-state index in [4.69, 9.17) is 61.3 Å². The zero-order valence-corrected chi connectivity index (χ0v) is 71.2. The third-order valence-corrected chi connectivity index (χ3v) is 24.1. The molecule has 5 aromatic carbocycles. The standard InChI is InChI=1S/C31H32N3O9P.C27H38N2O9P.C26H36N2O9P.CH4/c1-20(31(38)40-18-21-9-3-2-4-10-21)33-44(39,43-25-15-7-12-22-11-5-6-14-24(22)25)41-19-26-27(35)28(36)30(42-26)34-16-8-13-23(17-34)29(32)37;1-5-20(6-2)16-35-27(33)18(3)28-39(34,38-22-12-8-7-9-13-22)36-17-23-24(31)25(32)26(37-23)29-14-10-11-21(15-29)19(4)30;1-17(25(32)34-16-26(3,4)5)27-38(33,37-20-11-7-6-8-12-20)35-15-21-22(30)23(31)24(36-21)28-13-9-10-19(14-28)18(2)29;/h2-17,20,26-28,30,35-36H,18-19H2,1H3,(H2-,32,33,37,39);7-15,18,20,23-26,31-32H,5-6,16-17H2,1-4H3,(H,28,34);6-14,17,21-24,30-31H,15-16H2,1-5H3,(H,27,33);1H4/q;2*+1;/p+1/t20-,26+,27?,28-,30+,44?;18-,23+,24?,25-,26+,39?;17?,21?,22-,23-,24-,38?;/m001./s1. The van der Waals surface area contributed by atoms with Crippen molar-refractivity contribution in [2.75, 3.05) is 33.0 Å². The number of ketones is 2. The van der Waals surface area contributed by atoms with Gasteiger partial charge in [0.05, 0.1) is 44.2 Å². The van der Waals surface area contributed by atoms with E-state index in [2.05, 4.69) is 15.3 Å². The van der Waals surface area contributed by atoms with Crippen LogP contribution in [0.3, 0.4) is 0 Å². The van der Waals surface area contributed by atoms with Crippen LogP contribution in [0.2, 0.25) is 0 Å². The summed E-state index contributed by atoms with van der Waals surface area (Å²) in [4.78, 5) is 73.1. The molecule has 37 heteroatoms. The fraction of sp³-hybridized carbons (Fsp3) is 0.424. The van der Waals surface area contributed by atoms with Gasteiger partial charge in [0.2, 0.25) is 0 Å². The highest BCUT2D eigenvalue weighted by Crippen LogP contribution is 2.50. The molecule has 6 heterocycles. The molecule has 3 fully saturated rings. The van der Waals surface area contributed by atoms with Crippen LogP contribution in [0.15, 0.2) is 207 Å². The zero-order chi connectivity index (χ0) is 87.9. The van der Waals surface area contributed by atoms with Crippen molar-refractivity contribution < 1.29 is 142 Å². The van der Waals surface area contributed by atoms with E-state index >= 15 is 0 Å². The van der Waals surface area contributed by atoms with Gasteiger partial charge in [-0.05, 0) is 105 Å². The zero-order valence-electron chi connectivity index (χ0n) is 68.5. The number of carbonyl (C=O) groups is 6. The van der Waals surface area contributed by atoms with Crippen molar-refractivity contribution in [3.8, 4) is 17.2 Å². The molecule has 0 radical (unpaired) electrons. The quantitative estimate of drug-likeness (QED) is 0.00570. The van der Waals surface area contributed by atoms with Crippen LogP contribution in [0.25, 0.3) is 10.8 Å². The summed E-state index contributed by atoms with van der Waals surface area (Å²) in [7, 11) is -12.8. The molecule has 3 aliphatic rings. The van der Waals surface area contributed by atoms with Gasteiger partial charge in [0.1, 0.15) is 84.2 Å². The number of carbonyl (C=O) groups excluding carboxylic acids is 6. The number of aliphatic hydroxyl groups is 6. The molecule has 0 bridgehead atoms. The largest absolute Gasteiger partial charge is 0.464 e. The van der Waals surface area contributed by atoms with Crippen LogP contribution in [0.5, 0.6) is 17.2 Å². The number of amides is 1. The van der Waals surface area contributed by atoms with Gasteiger partial charge in [-0.25, -0.2) is 13.7 Å². The number of benzene rings is 5. The van der Waals surface area contributed by atoms with Gasteiger partial charge in [-0.3, -0.25) is 42.3 Å². The second-order valence-electron chi connectivity index (χ2n) is 30.1. The summed E-state index contributed by atoms with van der Waals surface area (Å²) in [6, 6.07) is 44.4. The normalized spacial score (nSPS) is 22.7. The highest BCUT2D eigenvalue weighted by atomic mass is 31.2. The fourth-order valence-corrected chi connectivity index (χ4v) is 16.8.